The molecule has 0 bridgehead atoms. The molecule has 2 aromatic carbocycles. The first-order valence-corrected chi connectivity index (χ1v) is 8.61. The van der Waals surface area contributed by atoms with Gasteiger partial charge in [0, 0.05) is 17.7 Å². The number of Topliss-reactive ketones (excluding diaryl/α,β-unsaturated/α-hetero) is 2. The Morgan fingerprint density at radius 2 is 1.53 bits per heavy atom. The summed E-state index contributed by atoms with van der Waals surface area (Å²) < 4.78 is 0. The predicted octanol–water partition coefficient (Wildman–Crippen LogP) is 1.81. The van der Waals surface area contributed by atoms with Crippen LogP contribution in [0.25, 0.3) is 0 Å². The molecule has 0 radical (unpaired) electrons. The Morgan fingerprint density at radius 3 is 2.03 bits per heavy atom. The molecule has 30 heavy (non-hydrogen) atoms. The maximum Gasteiger partial charge on any atom is 0.267 e. The average Bonchev–Trinajstić information content (AvgIpc) is 2.73. The van der Waals surface area contributed by atoms with Crippen molar-refractivity contribution in [3.63, 3.8) is 0 Å². The van der Waals surface area contributed by atoms with Gasteiger partial charge in [0.15, 0.2) is 11.6 Å². The monoisotopic (exact) mass is 409 g/mol. The molecule has 3 N–H and O–H groups in total. The smallest absolute Gasteiger partial charge is 0.267 e. The summed E-state index contributed by atoms with van der Waals surface area (Å²) in [6.07, 6.45) is -0.695. The zero-order chi connectivity index (χ0) is 22.1. The quantitative estimate of drug-likeness (QED) is 0.214. The van der Waals surface area contributed by atoms with E-state index in [1.807, 2.05) is 0 Å². The molecule has 3 rings (SSSR count). The molecule has 0 saturated heterocycles. The first kappa shape index (κ1) is 20.6. The summed E-state index contributed by atoms with van der Waals surface area (Å²) in [5.74, 6) is -3.07. The van der Waals surface area contributed by atoms with Crippen molar-refractivity contribution < 1.29 is 34.6 Å². The Hall–Kier alpha value is -4.11. The van der Waals surface area contributed by atoms with E-state index in [-0.39, 0.29) is 17.4 Å². The van der Waals surface area contributed by atoms with Gasteiger partial charge < -0.3 is 20.1 Å². The van der Waals surface area contributed by atoms with Crippen molar-refractivity contribution in [2.45, 2.75) is 6.10 Å². The van der Waals surface area contributed by atoms with Gasteiger partial charge in [-0.15, -0.1) is 0 Å². The summed E-state index contributed by atoms with van der Waals surface area (Å²) in [6, 6.07) is 10.5. The first-order valence-electron chi connectivity index (χ1n) is 8.61. The van der Waals surface area contributed by atoms with Gasteiger partial charge in [0.25, 0.3) is 5.70 Å². The van der Waals surface area contributed by atoms with Gasteiger partial charge >= 0.3 is 0 Å². The molecule has 1 aliphatic rings. The number of phenols is 2. The Labute approximate surface area is 169 Å². The SMILES string of the molecule is O=CC1(C(=O)c2ccccc2O)C=C([N+](=O)[O-])C=C(C(=O)c2ccccc2O)C1O. The number of hydrogen-bond acceptors (Lipinski definition) is 8. The number of hydrogen-bond donors (Lipinski definition) is 3. The van der Waals surface area contributed by atoms with E-state index in [4.69, 9.17) is 0 Å². The molecular weight excluding hydrogens is 394 g/mol. The van der Waals surface area contributed by atoms with Crippen LogP contribution in [-0.4, -0.2) is 44.2 Å². The highest BCUT2D eigenvalue weighted by atomic mass is 16.6. The minimum absolute atomic E-state index is 0.00106. The third-order valence-corrected chi connectivity index (χ3v) is 4.80. The molecule has 2 unspecified atom stereocenters. The maximum absolute atomic E-state index is 13.1. The van der Waals surface area contributed by atoms with Crippen molar-refractivity contribution in [3.8, 4) is 11.5 Å². The lowest BCUT2D eigenvalue weighted by Crippen LogP contribution is -2.47. The lowest BCUT2D eigenvalue weighted by atomic mass is 9.69. The van der Waals surface area contributed by atoms with E-state index in [2.05, 4.69) is 0 Å². The van der Waals surface area contributed by atoms with Crippen LogP contribution in [0.15, 0.2) is 72.0 Å². The van der Waals surface area contributed by atoms with Crippen molar-refractivity contribution >= 4 is 17.9 Å². The van der Waals surface area contributed by atoms with Crippen LogP contribution in [0, 0.1) is 15.5 Å². The van der Waals surface area contributed by atoms with Crippen LogP contribution in [0.4, 0.5) is 0 Å². The summed E-state index contributed by atoms with van der Waals surface area (Å²) in [6.45, 7) is 0. The molecule has 9 heteroatoms. The van der Waals surface area contributed by atoms with Gasteiger partial charge in [-0.2, -0.15) is 0 Å². The van der Waals surface area contributed by atoms with Crippen molar-refractivity contribution in [2.24, 2.45) is 5.41 Å². The molecule has 0 fully saturated rings. The van der Waals surface area contributed by atoms with Gasteiger partial charge in [0.2, 0.25) is 0 Å². The number of aliphatic hydroxyl groups is 1. The highest BCUT2D eigenvalue weighted by Crippen LogP contribution is 2.39. The number of benzene rings is 2. The van der Waals surface area contributed by atoms with Crippen LogP contribution in [0.1, 0.15) is 20.7 Å². The van der Waals surface area contributed by atoms with Crippen LogP contribution < -0.4 is 0 Å². The summed E-state index contributed by atoms with van der Waals surface area (Å²) in [7, 11) is 0. The number of para-hydroxylation sites is 2. The van der Waals surface area contributed by atoms with Crippen LogP contribution in [0.2, 0.25) is 0 Å². The minimum Gasteiger partial charge on any atom is -0.507 e. The normalized spacial score (nSPS) is 20.6. The van der Waals surface area contributed by atoms with Gasteiger partial charge in [-0.05, 0) is 24.3 Å². The van der Waals surface area contributed by atoms with E-state index in [1.54, 1.807) is 0 Å². The fourth-order valence-electron chi connectivity index (χ4n) is 3.22. The van der Waals surface area contributed by atoms with Gasteiger partial charge in [-0.25, -0.2) is 0 Å². The molecule has 2 aromatic rings. The van der Waals surface area contributed by atoms with Crippen molar-refractivity contribution in [1.29, 1.82) is 0 Å². The molecule has 1 aliphatic carbocycles. The van der Waals surface area contributed by atoms with E-state index < -0.39 is 50.8 Å². The number of aromatic hydroxyl groups is 2. The number of carbonyl (C=O) groups is 3. The number of nitro groups is 1. The van der Waals surface area contributed by atoms with Crippen LogP contribution in [-0.2, 0) is 4.79 Å². The zero-order valence-corrected chi connectivity index (χ0v) is 15.3. The van der Waals surface area contributed by atoms with Gasteiger partial charge in [-0.1, -0.05) is 24.3 Å². The second-order valence-corrected chi connectivity index (χ2v) is 6.57. The Bertz CT molecular complexity index is 1130. The molecule has 0 heterocycles. The number of ketones is 2. The molecule has 0 aromatic heterocycles. The van der Waals surface area contributed by atoms with Crippen LogP contribution >= 0.6 is 0 Å². The number of aliphatic hydroxyl groups excluding tert-OH is 1. The average molecular weight is 409 g/mol. The summed E-state index contributed by atoms with van der Waals surface area (Å²) >= 11 is 0. The Kier molecular flexibility index (Phi) is 5.31. The van der Waals surface area contributed by atoms with Gasteiger partial charge in [0.05, 0.1) is 16.1 Å². The minimum atomic E-state index is -2.54. The molecule has 152 valence electrons. The summed E-state index contributed by atoms with van der Waals surface area (Å²) in [5, 5.41) is 42.2. The second kappa shape index (κ2) is 7.72. The van der Waals surface area contributed by atoms with Crippen LogP contribution in [0.5, 0.6) is 11.5 Å². The van der Waals surface area contributed by atoms with Gasteiger partial charge in [-0.3, -0.25) is 19.7 Å². The lowest BCUT2D eigenvalue weighted by Gasteiger charge is -2.32. The molecular formula is C21H15NO8. The first-order chi connectivity index (χ1) is 14.2. The number of phenolic OH excluding ortho intramolecular Hbond substituents is 2. The maximum atomic E-state index is 13.1. The van der Waals surface area contributed by atoms with Crippen molar-refractivity contribution in [3.05, 3.63) is 93.2 Å². The fourth-order valence-corrected chi connectivity index (χ4v) is 3.22. The fraction of sp³-hybridized carbons (Fsp3) is 0.0952. The molecule has 0 amide bonds. The molecule has 9 nitrogen and oxygen atoms in total. The lowest BCUT2D eigenvalue weighted by molar-refractivity contribution is -0.420. The van der Waals surface area contributed by atoms with Crippen molar-refractivity contribution in [2.75, 3.05) is 0 Å². The standard InChI is InChI=1S/C21H15NO8/c23-11-21(19(27)14-6-2-4-8-17(14)25)10-12(22(29)30)9-15(20(21)28)18(26)13-5-1-3-7-16(13)24/h1-11,20,24-25,28H. The third-order valence-electron chi connectivity index (χ3n) is 4.80. The van der Waals surface area contributed by atoms with Gasteiger partial charge in [0.1, 0.15) is 29.3 Å². The molecule has 0 spiro atoms. The topological polar surface area (TPSA) is 155 Å². The van der Waals surface area contributed by atoms with Crippen molar-refractivity contribution in [1.82, 2.24) is 0 Å². The highest BCUT2D eigenvalue weighted by Gasteiger charge is 2.51. The summed E-state index contributed by atoms with van der Waals surface area (Å²) in [4.78, 5) is 48.6. The van der Waals surface area contributed by atoms with E-state index in [0.717, 1.165) is 6.08 Å². The van der Waals surface area contributed by atoms with E-state index in [0.29, 0.717) is 6.08 Å². The second-order valence-electron chi connectivity index (χ2n) is 6.57. The van der Waals surface area contributed by atoms with Crippen LogP contribution in [0.3, 0.4) is 0 Å². The Balaban J connectivity index is 2.20. The third kappa shape index (κ3) is 3.27. The summed E-state index contributed by atoms with van der Waals surface area (Å²) in [5.41, 5.74) is -4.57. The van der Waals surface area contributed by atoms with E-state index in [9.17, 15) is 39.8 Å². The Morgan fingerprint density at radius 1 is 1.00 bits per heavy atom. The van der Waals surface area contributed by atoms with E-state index >= 15 is 0 Å². The largest absolute Gasteiger partial charge is 0.507 e. The zero-order valence-electron chi connectivity index (χ0n) is 15.3. The molecule has 0 saturated carbocycles. The molecule has 2 atom stereocenters. The predicted molar refractivity (Wildman–Crippen MR) is 103 cm³/mol. The number of nitrogens with zero attached hydrogens (tertiary/aromatic N) is 1. The number of rotatable bonds is 6. The highest BCUT2D eigenvalue weighted by molar-refractivity contribution is 6.17. The molecule has 0 aliphatic heterocycles. The number of carbonyl (C=O) groups excluding carboxylic acids is 3. The number of aldehydes is 1. The number of allylic oxidation sites excluding steroid dienone is 1. The van der Waals surface area contributed by atoms with E-state index in [1.165, 1.54) is 48.5 Å².